The van der Waals surface area contributed by atoms with E-state index in [1.165, 1.54) is 5.56 Å². The van der Waals surface area contributed by atoms with Gasteiger partial charge in [-0.1, -0.05) is 24.3 Å². The monoisotopic (exact) mass is 395 g/mol. The molecule has 6 heteroatoms. The summed E-state index contributed by atoms with van der Waals surface area (Å²) < 4.78 is 0. The van der Waals surface area contributed by atoms with Crippen LogP contribution in [0.3, 0.4) is 0 Å². The maximum Gasteiger partial charge on any atom is 0.241 e. The van der Waals surface area contributed by atoms with E-state index in [9.17, 15) is 14.7 Å². The van der Waals surface area contributed by atoms with Crippen molar-refractivity contribution in [2.24, 2.45) is 11.5 Å². The van der Waals surface area contributed by atoms with Crippen LogP contribution in [0.1, 0.15) is 47.2 Å². The van der Waals surface area contributed by atoms with Gasteiger partial charge in [-0.3, -0.25) is 9.59 Å². The number of benzene rings is 2. The summed E-state index contributed by atoms with van der Waals surface area (Å²) in [6, 6.07) is 9.52. The van der Waals surface area contributed by atoms with Gasteiger partial charge in [-0.15, -0.1) is 0 Å². The molecule has 1 aliphatic carbocycles. The molecular formula is C23H29N3O3. The highest BCUT2D eigenvalue weighted by molar-refractivity contribution is 5.89. The van der Waals surface area contributed by atoms with Gasteiger partial charge in [0.1, 0.15) is 11.8 Å². The summed E-state index contributed by atoms with van der Waals surface area (Å²) in [6.45, 7) is 5.43. The van der Waals surface area contributed by atoms with Crippen molar-refractivity contribution < 1.29 is 14.7 Å². The standard InChI is InChI=1S/C23H29N3O3/c1-13-10-17(27)11-14(2)19(13)12-20(24)23(29)26(15(3)22(25)28)21-9-8-16-6-4-5-7-18(16)21/h4-7,10-11,15,20-21,27H,8-9,12,24H2,1-3H3,(H2,25,28)/t15-,20?,21?/m1/s1. The van der Waals surface area contributed by atoms with Crippen LogP contribution in [0.15, 0.2) is 36.4 Å². The molecule has 5 N–H and O–H groups in total. The Morgan fingerprint density at radius 2 is 1.83 bits per heavy atom. The maximum atomic E-state index is 13.4. The summed E-state index contributed by atoms with van der Waals surface area (Å²) >= 11 is 0. The molecule has 2 amide bonds. The molecule has 2 aromatic rings. The fourth-order valence-corrected chi connectivity index (χ4v) is 4.37. The fraction of sp³-hybridized carbons (Fsp3) is 0.391. The molecule has 0 aliphatic heterocycles. The molecule has 3 atom stereocenters. The Balaban J connectivity index is 1.91. The fourth-order valence-electron chi connectivity index (χ4n) is 4.37. The Kier molecular flexibility index (Phi) is 5.94. The third-order valence-electron chi connectivity index (χ3n) is 5.94. The van der Waals surface area contributed by atoms with Crippen molar-refractivity contribution in [1.82, 2.24) is 4.90 Å². The first kappa shape index (κ1) is 20.9. The minimum Gasteiger partial charge on any atom is -0.508 e. The molecule has 0 saturated carbocycles. The number of hydrogen-bond donors (Lipinski definition) is 3. The SMILES string of the molecule is Cc1cc(O)cc(C)c1CC(N)C(=O)N(C1CCc2ccccc21)[C@H](C)C(N)=O. The molecule has 154 valence electrons. The van der Waals surface area contributed by atoms with Gasteiger partial charge in [0.2, 0.25) is 11.8 Å². The Hall–Kier alpha value is -2.86. The second kappa shape index (κ2) is 8.25. The first-order valence-corrected chi connectivity index (χ1v) is 9.94. The number of phenols is 1. The molecule has 0 radical (unpaired) electrons. The molecule has 2 aromatic carbocycles. The van der Waals surface area contributed by atoms with E-state index in [1.54, 1.807) is 24.0 Å². The summed E-state index contributed by atoms with van der Waals surface area (Å²) in [4.78, 5) is 27.0. The highest BCUT2D eigenvalue weighted by atomic mass is 16.3. The van der Waals surface area contributed by atoms with Crippen LogP contribution in [0, 0.1) is 13.8 Å². The lowest BCUT2D eigenvalue weighted by Gasteiger charge is -2.35. The highest BCUT2D eigenvalue weighted by Gasteiger charge is 2.37. The van der Waals surface area contributed by atoms with Gasteiger partial charge < -0.3 is 21.5 Å². The van der Waals surface area contributed by atoms with Crippen LogP contribution >= 0.6 is 0 Å². The summed E-state index contributed by atoms with van der Waals surface area (Å²) in [5.41, 5.74) is 16.9. The molecule has 1 aliphatic rings. The van der Waals surface area contributed by atoms with Gasteiger partial charge >= 0.3 is 0 Å². The number of nitrogens with two attached hydrogens (primary N) is 2. The lowest BCUT2D eigenvalue weighted by molar-refractivity contribution is -0.142. The average molecular weight is 396 g/mol. The van der Waals surface area contributed by atoms with E-state index in [0.717, 1.165) is 35.1 Å². The number of rotatable bonds is 6. The zero-order chi connectivity index (χ0) is 21.3. The van der Waals surface area contributed by atoms with Gasteiger partial charge in [0, 0.05) is 0 Å². The summed E-state index contributed by atoms with van der Waals surface area (Å²) in [6.07, 6.45) is 1.92. The number of amides is 2. The van der Waals surface area contributed by atoms with Gasteiger partial charge in [0.15, 0.2) is 0 Å². The van der Waals surface area contributed by atoms with E-state index in [2.05, 4.69) is 6.07 Å². The van der Waals surface area contributed by atoms with Gasteiger partial charge in [-0.05, 0) is 80.0 Å². The molecule has 0 saturated heterocycles. The van der Waals surface area contributed by atoms with Crippen molar-refractivity contribution >= 4 is 11.8 Å². The van der Waals surface area contributed by atoms with Crippen LogP contribution in [0.2, 0.25) is 0 Å². The Bertz CT molecular complexity index is 918. The normalized spacial score (nSPS) is 17.4. The lowest BCUT2D eigenvalue weighted by atomic mass is 9.94. The number of nitrogens with zero attached hydrogens (tertiary/aromatic N) is 1. The number of hydrogen-bond acceptors (Lipinski definition) is 4. The van der Waals surface area contributed by atoms with E-state index in [1.807, 2.05) is 32.0 Å². The molecule has 29 heavy (non-hydrogen) atoms. The Labute approximate surface area is 171 Å². The van der Waals surface area contributed by atoms with Crippen LogP contribution in [-0.4, -0.2) is 33.9 Å². The van der Waals surface area contributed by atoms with Crippen LogP contribution in [0.25, 0.3) is 0 Å². The van der Waals surface area contributed by atoms with Gasteiger partial charge in [0.25, 0.3) is 0 Å². The summed E-state index contributed by atoms with van der Waals surface area (Å²) in [7, 11) is 0. The van der Waals surface area contributed by atoms with Crippen molar-refractivity contribution in [3.63, 3.8) is 0 Å². The second-order valence-corrected chi connectivity index (χ2v) is 7.95. The second-order valence-electron chi connectivity index (χ2n) is 7.95. The van der Waals surface area contributed by atoms with Gasteiger partial charge in [-0.2, -0.15) is 0 Å². The number of phenolic OH excluding ortho intramolecular Hbond substituents is 1. The third-order valence-corrected chi connectivity index (χ3v) is 5.94. The van der Waals surface area contributed by atoms with Crippen molar-refractivity contribution in [1.29, 1.82) is 0 Å². The smallest absolute Gasteiger partial charge is 0.241 e. The van der Waals surface area contributed by atoms with Crippen LogP contribution in [-0.2, 0) is 22.4 Å². The average Bonchev–Trinajstić information content (AvgIpc) is 3.08. The maximum absolute atomic E-state index is 13.4. The van der Waals surface area contributed by atoms with E-state index >= 15 is 0 Å². The minimum atomic E-state index is -0.813. The number of carbonyl (C=O) groups excluding carboxylic acids is 2. The number of primary amides is 1. The first-order chi connectivity index (χ1) is 13.7. The van der Waals surface area contributed by atoms with Crippen LogP contribution < -0.4 is 11.5 Å². The van der Waals surface area contributed by atoms with Crippen molar-refractivity contribution in [3.05, 3.63) is 64.2 Å². The third kappa shape index (κ3) is 4.12. The Morgan fingerprint density at radius 1 is 1.21 bits per heavy atom. The minimum absolute atomic E-state index is 0.190. The number of carbonyl (C=O) groups is 2. The molecule has 2 unspecified atom stereocenters. The molecule has 3 rings (SSSR count). The molecular weight excluding hydrogens is 366 g/mol. The van der Waals surface area contributed by atoms with E-state index in [0.29, 0.717) is 6.42 Å². The topological polar surface area (TPSA) is 110 Å². The largest absolute Gasteiger partial charge is 0.508 e. The number of aryl methyl sites for hydroxylation is 3. The Morgan fingerprint density at radius 3 is 2.45 bits per heavy atom. The van der Waals surface area contributed by atoms with Crippen LogP contribution in [0.4, 0.5) is 0 Å². The highest BCUT2D eigenvalue weighted by Crippen LogP contribution is 2.37. The van der Waals surface area contributed by atoms with E-state index < -0.39 is 18.0 Å². The van der Waals surface area contributed by atoms with Crippen LogP contribution in [0.5, 0.6) is 5.75 Å². The molecule has 0 bridgehead atoms. The predicted molar refractivity (Wildman–Crippen MR) is 112 cm³/mol. The molecule has 0 fully saturated rings. The molecule has 0 aromatic heterocycles. The predicted octanol–water partition coefficient (Wildman–Crippen LogP) is 2.27. The van der Waals surface area contributed by atoms with E-state index in [-0.39, 0.29) is 17.7 Å². The molecule has 0 heterocycles. The van der Waals surface area contributed by atoms with E-state index in [4.69, 9.17) is 11.5 Å². The van der Waals surface area contributed by atoms with Crippen molar-refractivity contribution in [3.8, 4) is 5.75 Å². The lowest BCUT2D eigenvalue weighted by Crippen LogP contribution is -2.53. The first-order valence-electron chi connectivity index (χ1n) is 9.94. The zero-order valence-electron chi connectivity index (χ0n) is 17.2. The number of fused-ring (bicyclic) bond motifs is 1. The number of aromatic hydroxyl groups is 1. The van der Waals surface area contributed by atoms with Gasteiger partial charge in [-0.25, -0.2) is 0 Å². The van der Waals surface area contributed by atoms with Gasteiger partial charge in [0.05, 0.1) is 12.1 Å². The van der Waals surface area contributed by atoms with Crippen molar-refractivity contribution in [2.45, 2.75) is 58.2 Å². The summed E-state index contributed by atoms with van der Waals surface area (Å²) in [5.74, 6) is -0.646. The zero-order valence-corrected chi connectivity index (χ0v) is 17.2. The summed E-state index contributed by atoms with van der Waals surface area (Å²) in [5, 5.41) is 9.76. The molecule has 6 nitrogen and oxygen atoms in total. The van der Waals surface area contributed by atoms with Crippen molar-refractivity contribution in [2.75, 3.05) is 0 Å². The quantitative estimate of drug-likeness (QED) is 0.697. The molecule has 0 spiro atoms.